The summed E-state index contributed by atoms with van der Waals surface area (Å²) in [6.45, 7) is 7.06. The van der Waals surface area contributed by atoms with Crippen LogP contribution >= 0.6 is 11.3 Å². The van der Waals surface area contributed by atoms with Crippen LogP contribution in [0.3, 0.4) is 0 Å². The summed E-state index contributed by atoms with van der Waals surface area (Å²) < 4.78 is 2.06. The Morgan fingerprint density at radius 3 is 3.00 bits per heavy atom. The fraction of sp³-hybridized carbons (Fsp3) is 0.294. The smallest absolute Gasteiger partial charge is 0.193 e. The van der Waals surface area contributed by atoms with E-state index in [0.717, 1.165) is 27.5 Å². The fourth-order valence-corrected chi connectivity index (χ4v) is 3.46. The van der Waals surface area contributed by atoms with Crippen molar-refractivity contribution in [3.63, 3.8) is 0 Å². The van der Waals surface area contributed by atoms with E-state index in [1.807, 2.05) is 11.6 Å². The number of fused-ring (bicyclic) bond motifs is 2. The Labute approximate surface area is 138 Å². The molecule has 0 saturated carbocycles. The van der Waals surface area contributed by atoms with Gasteiger partial charge in [0.15, 0.2) is 4.96 Å². The topological polar surface area (TPSA) is 58.0 Å². The van der Waals surface area contributed by atoms with Crippen LogP contribution < -0.4 is 5.32 Å². The highest BCUT2D eigenvalue weighted by molar-refractivity contribution is 7.15. The van der Waals surface area contributed by atoms with Gasteiger partial charge in [-0.2, -0.15) is 0 Å². The average Bonchev–Trinajstić information content (AvgIpc) is 3.22. The Balaban J connectivity index is 1.52. The SMILES string of the molecule is Cc1ccc2[nH]c(CN[C@@H](C)c3cn4ccsc4n3)nc2c1C. The summed E-state index contributed by atoms with van der Waals surface area (Å²) >= 11 is 1.65. The lowest BCUT2D eigenvalue weighted by Crippen LogP contribution is -2.19. The molecule has 0 radical (unpaired) electrons. The van der Waals surface area contributed by atoms with Gasteiger partial charge in [0.05, 0.1) is 23.3 Å². The molecule has 3 aromatic heterocycles. The van der Waals surface area contributed by atoms with E-state index >= 15 is 0 Å². The first-order chi connectivity index (χ1) is 11.1. The number of benzene rings is 1. The molecule has 0 saturated heterocycles. The number of thiazole rings is 1. The predicted molar refractivity (Wildman–Crippen MR) is 93.9 cm³/mol. The maximum absolute atomic E-state index is 4.73. The number of aromatic amines is 1. The van der Waals surface area contributed by atoms with E-state index in [4.69, 9.17) is 4.98 Å². The molecular formula is C17H19N5S. The number of nitrogens with zero attached hydrogens (tertiary/aromatic N) is 3. The van der Waals surface area contributed by atoms with Crippen molar-refractivity contribution in [3.05, 3.63) is 52.6 Å². The highest BCUT2D eigenvalue weighted by Crippen LogP contribution is 2.20. The van der Waals surface area contributed by atoms with Crippen molar-refractivity contribution in [2.75, 3.05) is 0 Å². The van der Waals surface area contributed by atoms with E-state index in [9.17, 15) is 0 Å². The molecule has 1 atom stereocenters. The van der Waals surface area contributed by atoms with Gasteiger partial charge in [0, 0.05) is 23.8 Å². The van der Waals surface area contributed by atoms with Crippen LogP contribution in [0.4, 0.5) is 0 Å². The molecule has 3 heterocycles. The van der Waals surface area contributed by atoms with Crippen molar-refractivity contribution in [1.82, 2.24) is 24.7 Å². The second-order valence-corrected chi connectivity index (χ2v) is 6.82. The molecule has 0 aliphatic carbocycles. The summed E-state index contributed by atoms with van der Waals surface area (Å²) in [6.07, 6.45) is 4.11. The summed E-state index contributed by atoms with van der Waals surface area (Å²) in [7, 11) is 0. The molecule has 0 aliphatic heterocycles. The zero-order chi connectivity index (χ0) is 16.0. The van der Waals surface area contributed by atoms with E-state index in [2.05, 4.69) is 58.8 Å². The van der Waals surface area contributed by atoms with Crippen LogP contribution in [-0.2, 0) is 6.54 Å². The third-order valence-electron chi connectivity index (χ3n) is 4.36. The number of hydrogen-bond donors (Lipinski definition) is 2. The molecule has 4 rings (SSSR count). The van der Waals surface area contributed by atoms with Crippen LogP contribution in [0.2, 0.25) is 0 Å². The van der Waals surface area contributed by atoms with Crippen molar-refractivity contribution in [2.45, 2.75) is 33.4 Å². The van der Waals surface area contributed by atoms with Gasteiger partial charge in [-0.3, -0.25) is 4.40 Å². The van der Waals surface area contributed by atoms with Crippen LogP contribution in [0.25, 0.3) is 16.0 Å². The lowest BCUT2D eigenvalue weighted by molar-refractivity contribution is 0.553. The molecular weight excluding hydrogens is 306 g/mol. The molecule has 23 heavy (non-hydrogen) atoms. The number of rotatable bonds is 4. The molecule has 0 bridgehead atoms. The highest BCUT2D eigenvalue weighted by Gasteiger charge is 2.12. The van der Waals surface area contributed by atoms with Crippen LogP contribution in [-0.4, -0.2) is 19.4 Å². The van der Waals surface area contributed by atoms with Gasteiger partial charge < -0.3 is 10.3 Å². The summed E-state index contributed by atoms with van der Waals surface area (Å²) in [5.74, 6) is 0.960. The Kier molecular flexibility index (Phi) is 3.43. The number of hydrogen-bond acceptors (Lipinski definition) is 4. The van der Waals surface area contributed by atoms with Crippen LogP contribution in [0, 0.1) is 13.8 Å². The van der Waals surface area contributed by atoms with Gasteiger partial charge in [0.1, 0.15) is 5.82 Å². The normalized spacial score (nSPS) is 13.2. The van der Waals surface area contributed by atoms with Gasteiger partial charge in [-0.15, -0.1) is 11.3 Å². The Morgan fingerprint density at radius 2 is 2.17 bits per heavy atom. The van der Waals surface area contributed by atoms with Crippen LogP contribution in [0.5, 0.6) is 0 Å². The van der Waals surface area contributed by atoms with E-state index in [1.165, 1.54) is 11.1 Å². The summed E-state index contributed by atoms with van der Waals surface area (Å²) in [5, 5.41) is 5.54. The van der Waals surface area contributed by atoms with Crippen LogP contribution in [0.1, 0.15) is 35.6 Å². The fourth-order valence-electron chi connectivity index (χ4n) is 2.76. The third-order valence-corrected chi connectivity index (χ3v) is 5.13. The predicted octanol–water partition coefficient (Wildman–Crippen LogP) is 3.74. The first-order valence-electron chi connectivity index (χ1n) is 7.72. The number of nitrogens with one attached hydrogen (secondary N) is 2. The van der Waals surface area contributed by atoms with Crippen molar-refractivity contribution < 1.29 is 0 Å². The van der Waals surface area contributed by atoms with Crippen molar-refractivity contribution in [1.29, 1.82) is 0 Å². The van der Waals surface area contributed by atoms with E-state index in [-0.39, 0.29) is 6.04 Å². The maximum atomic E-state index is 4.73. The van der Waals surface area contributed by atoms with Gasteiger partial charge in [-0.05, 0) is 38.0 Å². The van der Waals surface area contributed by atoms with Gasteiger partial charge in [-0.25, -0.2) is 9.97 Å². The minimum Gasteiger partial charge on any atom is -0.341 e. The summed E-state index contributed by atoms with van der Waals surface area (Å²) in [5.41, 5.74) is 5.74. The molecule has 6 heteroatoms. The monoisotopic (exact) mass is 325 g/mol. The first-order valence-corrected chi connectivity index (χ1v) is 8.60. The Hall–Kier alpha value is -2.18. The lowest BCUT2D eigenvalue weighted by atomic mass is 10.1. The number of H-pyrrole nitrogens is 1. The number of imidazole rings is 2. The Morgan fingerprint density at radius 1 is 1.30 bits per heavy atom. The zero-order valence-corrected chi connectivity index (χ0v) is 14.2. The Bertz CT molecular complexity index is 949. The van der Waals surface area contributed by atoms with Gasteiger partial charge >= 0.3 is 0 Å². The summed E-state index contributed by atoms with van der Waals surface area (Å²) in [6, 6.07) is 4.41. The first kappa shape index (κ1) is 14.4. The minimum atomic E-state index is 0.179. The molecule has 118 valence electrons. The molecule has 0 aliphatic rings. The third kappa shape index (κ3) is 2.54. The molecule has 2 N–H and O–H groups in total. The summed E-state index contributed by atoms with van der Waals surface area (Å²) in [4.78, 5) is 13.8. The molecule has 0 amide bonds. The number of aryl methyl sites for hydroxylation is 2. The van der Waals surface area contributed by atoms with Crippen molar-refractivity contribution in [3.8, 4) is 0 Å². The quantitative estimate of drug-likeness (QED) is 0.601. The van der Waals surface area contributed by atoms with Crippen LogP contribution in [0.15, 0.2) is 29.9 Å². The lowest BCUT2D eigenvalue weighted by Gasteiger charge is -2.09. The number of aromatic nitrogens is 4. The van der Waals surface area contributed by atoms with Gasteiger partial charge in [0.2, 0.25) is 0 Å². The molecule has 0 unspecified atom stereocenters. The largest absolute Gasteiger partial charge is 0.341 e. The van der Waals surface area contributed by atoms with E-state index < -0.39 is 0 Å². The van der Waals surface area contributed by atoms with Crippen molar-refractivity contribution in [2.24, 2.45) is 0 Å². The second-order valence-electron chi connectivity index (χ2n) is 5.95. The maximum Gasteiger partial charge on any atom is 0.193 e. The molecule has 0 spiro atoms. The zero-order valence-electron chi connectivity index (χ0n) is 13.4. The average molecular weight is 325 g/mol. The second kappa shape index (κ2) is 5.47. The molecule has 0 fully saturated rings. The molecule has 5 nitrogen and oxygen atoms in total. The standard InChI is InChI=1S/C17H19N5S/c1-10-4-5-13-16(11(10)2)21-15(19-13)8-18-12(3)14-9-22-6-7-23-17(22)20-14/h4-7,9,12,18H,8H2,1-3H3,(H,19,21)/t12-/m0/s1. The highest BCUT2D eigenvalue weighted by atomic mass is 32.1. The molecule has 1 aromatic carbocycles. The molecule has 4 aromatic rings. The van der Waals surface area contributed by atoms with Gasteiger partial charge in [-0.1, -0.05) is 6.07 Å². The van der Waals surface area contributed by atoms with E-state index in [1.54, 1.807) is 11.3 Å². The van der Waals surface area contributed by atoms with E-state index in [0.29, 0.717) is 6.54 Å². The van der Waals surface area contributed by atoms with Crippen molar-refractivity contribution >= 4 is 27.3 Å². The van der Waals surface area contributed by atoms with Gasteiger partial charge in [0.25, 0.3) is 0 Å². The minimum absolute atomic E-state index is 0.179.